The largest absolute Gasteiger partial charge is 0.379 e. The van der Waals surface area contributed by atoms with Crippen molar-refractivity contribution in [2.24, 2.45) is 11.7 Å². The number of halogens is 1. The Hall–Kier alpha value is -0.380. The molecule has 0 bridgehead atoms. The molecule has 3 heteroatoms. The highest BCUT2D eigenvalue weighted by atomic mass is 79.9. The summed E-state index contributed by atoms with van der Waals surface area (Å²) in [5.41, 5.74) is 7.23. The molecule has 2 N–H and O–H groups in total. The zero-order chi connectivity index (χ0) is 10.9. The normalized spacial score (nSPS) is 20.7. The summed E-state index contributed by atoms with van der Waals surface area (Å²) in [6.07, 6.45) is 0. The third kappa shape index (κ3) is 1.73. The first-order valence-electron chi connectivity index (χ1n) is 5.23. The van der Waals surface area contributed by atoms with Crippen molar-refractivity contribution in [3.05, 3.63) is 34.3 Å². The molecule has 0 amide bonds. The summed E-state index contributed by atoms with van der Waals surface area (Å²) in [6.45, 7) is 4.47. The van der Waals surface area contributed by atoms with Crippen LogP contribution in [0.1, 0.15) is 12.5 Å². The molecule has 1 unspecified atom stereocenters. The predicted molar refractivity (Wildman–Crippen MR) is 64.9 cm³/mol. The molecule has 0 radical (unpaired) electrons. The van der Waals surface area contributed by atoms with Crippen LogP contribution < -0.4 is 5.73 Å². The molecule has 0 saturated carbocycles. The number of hydrogen-bond donors (Lipinski definition) is 1. The van der Waals surface area contributed by atoms with Crippen molar-refractivity contribution in [1.82, 2.24) is 0 Å². The van der Waals surface area contributed by atoms with Gasteiger partial charge in [-0.2, -0.15) is 0 Å². The Morgan fingerprint density at radius 2 is 2.13 bits per heavy atom. The van der Waals surface area contributed by atoms with E-state index in [0.717, 1.165) is 17.7 Å². The van der Waals surface area contributed by atoms with Crippen molar-refractivity contribution < 1.29 is 4.74 Å². The van der Waals surface area contributed by atoms with Gasteiger partial charge < -0.3 is 10.5 Å². The molecule has 1 aromatic carbocycles. The number of nitrogens with two attached hydrogens (primary N) is 1. The lowest BCUT2D eigenvalue weighted by Gasteiger charge is -2.46. The van der Waals surface area contributed by atoms with Crippen LogP contribution in [-0.4, -0.2) is 19.8 Å². The number of ether oxygens (including phenoxy) is 1. The van der Waals surface area contributed by atoms with Gasteiger partial charge in [0.25, 0.3) is 0 Å². The third-order valence-electron chi connectivity index (χ3n) is 3.43. The van der Waals surface area contributed by atoms with Crippen LogP contribution in [0.5, 0.6) is 0 Å². The molecule has 1 aromatic rings. The Balaban J connectivity index is 2.38. The molecule has 2 rings (SSSR count). The van der Waals surface area contributed by atoms with E-state index in [0.29, 0.717) is 12.5 Å². The minimum absolute atomic E-state index is 0.120. The van der Waals surface area contributed by atoms with Crippen molar-refractivity contribution in [2.75, 3.05) is 19.8 Å². The van der Waals surface area contributed by atoms with E-state index in [9.17, 15) is 0 Å². The second kappa shape index (κ2) is 4.24. The number of benzene rings is 1. The number of hydrogen-bond acceptors (Lipinski definition) is 2. The zero-order valence-corrected chi connectivity index (χ0v) is 10.5. The fourth-order valence-electron chi connectivity index (χ4n) is 2.12. The topological polar surface area (TPSA) is 35.2 Å². The van der Waals surface area contributed by atoms with Gasteiger partial charge in [-0.05, 0) is 24.1 Å². The summed E-state index contributed by atoms with van der Waals surface area (Å²) in [4.78, 5) is 0. The summed E-state index contributed by atoms with van der Waals surface area (Å²) in [5, 5.41) is 0. The minimum Gasteiger partial charge on any atom is -0.379 e. The third-order valence-corrected chi connectivity index (χ3v) is 4.12. The summed E-state index contributed by atoms with van der Waals surface area (Å²) in [6, 6.07) is 8.36. The quantitative estimate of drug-likeness (QED) is 0.914. The number of rotatable bonds is 3. The van der Waals surface area contributed by atoms with E-state index >= 15 is 0 Å². The Bertz CT molecular complexity index is 349. The maximum atomic E-state index is 5.78. The van der Waals surface area contributed by atoms with E-state index in [1.54, 1.807) is 0 Å². The van der Waals surface area contributed by atoms with Crippen LogP contribution in [-0.2, 0) is 10.2 Å². The molecule has 1 atom stereocenters. The lowest BCUT2D eigenvalue weighted by molar-refractivity contribution is -0.0857. The average molecular weight is 270 g/mol. The molecule has 2 nitrogen and oxygen atoms in total. The molecule has 15 heavy (non-hydrogen) atoms. The summed E-state index contributed by atoms with van der Waals surface area (Å²) in [5.74, 6) is 0.449. The first-order chi connectivity index (χ1) is 7.20. The van der Waals surface area contributed by atoms with Gasteiger partial charge in [-0.25, -0.2) is 0 Å². The molecule has 82 valence electrons. The van der Waals surface area contributed by atoms with Crippen LogP contribution in [0.3, 0.4) is 0 Å². The molecule has 1 fully saturated rings. The predicted octanol–water partition coefficient (Wildman–Crippen LogP) is 2.31. The van der Waals surface area contributed by atoms with Crippen molar-refractivity contribution in [2.45, 2.75) is 12.3 Å². The second-order valence-corrected chi connectivity index (χ2v) is 5.12. The molecule has 1 aliphatic rings. The van der Waals surface area contributed by atoms with Gasteiger partial charge in [-0.15, -0.1) is 0 Å². The van der Waals surface area contributed by atoms with E-state index in [4.69, 9.17) is 10.5 Å². The molecule has 1 saturated heterocycles. The Morgan fingerprint density at radius 3 is 2.60 bits per heavy atom. The second-order valence-electron chi connectivity index (χ2n) is 4.27. The standard InChI is InChI=1S/C12H16BrNO/c1-9(6-14)12(7-15-8-12)10-4-2-3-5-11(10)13/h2-5,9H,6-8,14H2,1H3. The minimum atomic E-state index is 0.120. The highest BCUT2D eigenvalue weighted by Crippen LogP contribution is 2.42. The molecule has 0 spiro atoms. The Labute approximate surface area is 98.9 Å². The van der Waals surface area contributed by atoms with Gasteiger partial charge in [0.05, 0.1) is 13.2 Å². The highest BCUT2D eigenvalue weighted by Gasteiger charge is 2.45. The Kier molecular flexibility index (Phi) is 3.14. The average Bonchev–Trinajstić information content (AvgIpc) is 2.19. The smallest absolute Gasteiger partial charge is 0.0589 e. The maximum Gasteiger partial charge on any atom is 0.0589 e. The zero-order valence-electron chi connectivity index (χ0n) is 8.87. The van der Waals surface area contributed by atoms with Crippen LogP contribution >= 0.6 is 15.9 Å². The first-order valence-corrected chi connectivity index (χ1v) is 6.03. The van der Waals surface area contributed by atoms with E-state index in [2.05, 4.69) is 41.1 Å². The first kappa shape index (κ1) is 11.1. The highest BCUT2D eigenvalue weighted by molar-refractivity contribution is 9.10. The molecule has 0 aliphatic carbocycles. The molecule has 0 aromatic heterocycles. The van der Waals surface area contributed by atoms with Gasteiger partial charge in [0.2, 0.25) is 0 Å². The van der Waals surface area contributed by atoms with Gasteiger partial charge in [-0.3, -0.25) is 0 Å². The van der Waals surface area contributed by atoms with Crippen LogP contribution in [0.4, 0.5) is 0 Å². The van der Waals surface area contributed by atoms with Gasteiger partial charge in [0.15, 0.2) is 0 Å². The summed E-state index contributed by atoms with van der Waals surface area (Å²) >= 11 is 3.61. The monoisotopic (exact) mass is 269 g/mol. The SMILES string of the molecule is CC(CN)C1(c2ccccc2Br)COC1. The van der Waals surface area contributed by atoms with Crippen LogP contribution in [0, 0.1) is 5.92 Å². The lowest BCUT2D eigenvalue weighted by atomic mass is 9.69. The van der Waals surface area contributed by atoms with Crippen molar-refractivity contribution >= 4 is 15.9 Å². The van der Waals surface area contributed by atoms with Crippen LogP contribution in [0.25, 0.3) is 0 Å². The van der Waals surface area contributed by atoms with Crippen LogP contribution in [0.2, 0.25) is 0 Å². The maximum absolute atomic E-state index is 5.78. The van der Waals surface area contributed by atoms with Gasteiger partial charge in [0.1, 0.15) is 0 Å². The van der Waals surface area contributed by atoms with Gasteiger partial charge in [-0.1, -0.05) is 41.1 Å². The van der Waals surface area contributed by atoms with Gasteiger partial charge >= 0.3 is 0 Å². The van der Waals surface area contributed by atoms with E-state index in [1.807, 2.05) is 6.07 Å². The van der Waals surface area contributed by atoms with Crippen molar-refractivity contribution in [3.8, 4) is 0 Å². The van der Waals surface area contributed by atoms with Gasteiger partial charge in [0, 0.05) is 9.89 Å². The van der Waals surface area contributed by atoms with Crippen LogP contribution in [0.15, 0.2) is 28.7 Å². The summed E-state index contributed by atoms with van der Waals surface area (Å²) in [7, 11) is 0. The fraction of sp³-hybridized carbons (Fsp3) is 0.500. The van der Waals surface area contributed by atoms with Crippen molar-refractivity contribution in [1.29, 1.82) is 0 Å². The Morgan fingerprint density at radius 1 is 1.47 bits per heavy atom. The lowest BCUT2D eigenvalue weighted by Crippen LogP contribution is -2.53. The van der Waals surface area contributed by atoms with E-state index in [-0.39, 0.29) is 5.41 Å². The van der Waals surface area contributed by atoms with E-state index < -0.39 is 0 Å². The molecular formula is C12H16BrNO. The molecule has 1 heterocycles. The fourth-order valence-corrected chi connectivity index (χ4v) is 2.80. The van der Waals surface area contributed by atoms with Crippen molar-refractivity contribution in [3.63, 3.8) is 0 Å². The molecular weight excluding hydrogens is 254 g/mol. The van der Waals surface area contributed by atoms with E-state index in [1.165, 1.54) is 5.56 Å². The summed E-state index contributed by atoms with van der Waals surface area (Å²) < 4.78 is 6.55. The molecule has 1 aliphatic heterocycles.